The zero-order chi connectivity index (χ0) is 12.1. The van der Waals surface area contributed by atoms with Crippen LogP contribution in [0.1, 0.15) is 18.1 Å². The summed E-state index contributed by atoms with van der Waals surface area (Å²) in [6, 6.07) is 7.95. The number of nitrogens with one attached hydrogen (secondary N) is 1. The second-order valence-electron chi connectivity index (χ2n) is 3.95. The van der Waals surface area contributed by atoms with Crippen LogP contribution in [0.5, 0.6) is 0 Å². The van der Waals surface area contributed by atoms with Crippen molar-refractivity contribution < 1.29 is 4.21 Å². The van der Waals surface area contributed by atoms with Crippen LogP contribution in [0.15, 0.2) is 18.2 Å². The first-order chi connectivity index (χ1) is 7.52. The van der Waals surface area contributed by atoms with E-state index >= 15 is 0 Å². The second-order valence-corrected chi connectivity index (χ2v) is 5.43. The SMILES string of the molecule is Cc1ccc(NC(C)CS(C)=O)c(C#N)c1. The minimum Gasteiger partial charge on any atom is -0.381 e. The van der Waals surface area contributed by atoms with E-state index in [0.29, 0.717) is 11.3 Å². The van der Waals surface area contributed by atoms with Crippen molar-refractivity contribution in [2.75, 3.05) is 17.3 Å². The van der Waals surface area contributed by atoms with Gasteiger partial charge in [-0.25, -0.2) is 0 Å². The van der Waals surface area contributed by atoms with Gasteiger partial charge in [-0.05, 0) is 31.5 Å². The van der Waals surface area contributed by atoms with Crippen LogP contribution in [0.2, 0.25) is 0 Å². The van der Waals surface area contributed by atoms with Crippen LogP contribution in [0.3, 0.4) is 0 Å². The number of nitriles is 1. The molecule has 0 radical (unpaired) electrons. The third-order valence-corrected chi connectivity index (χ3v) is 3.15. The molecule has 16 heavy (non-hydrogen) atoms. The van der Waals surface area contributed by atoms with E-state index in [4.69, 9.17) is 5.26 Å². The minimum absolute atomic E-state index is 0.0978. The molecule has 0 spiro atoms. The first kappa shape index (κ1) is 12.7. The Labute approximate surface area is 98.9 Å². The van der Waals surface area contributed by atoms with Crippen molar-refractivity contribution in [2.24, 2.45) is 0 Å². The zero-order valence-electron chi connectivity index (χ0n) is 9.78. The molecule has 0 amide bonds. The molecule has 1 N–H and O–H groups in total. The van der Waals surface area contributed by atoms with E-state index in [9.17, 15) is 4.21 Å². The molecule has 86 valence electrons. The second kappa shape index (κ2) is 5.66. The summed E-state index contributed by atoms with van der Waals surface area (Å²) in [4.78, 5) is 0. The molecule has 3 nitrogen and oxygen atoms in total. The van der Waals surface area contributed by atoms with Crippen molar-refractivity contribution in [1.82, 2.24) is 0 Å². The molecule has 2 atom stereocenters. The van der Waals surface area contributed by atoms with Crippen LogP contribution >= 0.6 is 0 Å². The topological polar surface area (TPSA) is 52.9 Å². The van der Waals surface area contributed by atoms with Crippen molar-refractivity contribution in [3.63, 3.8) is 0 Å². The summed E-state index contributed by atoms with van der Waals surface area (Å²) in [5.74, 6) is 0.582. The fraction of sp³-hybridized carbons (Fsp3) is 0.417. The van der Waals surface area contributed by atoms with Gasteiger partial charge in [0.05, 0.1) is 11.3 Å². The number of benzene rings is 1. The predicted molar refractivity (Wildman–Crippen MR) is 67.9 cm³/mol. The summed E-state index contributed by atoms with van der Waals surface area (Å²) >= 11 is 0. The van der Waals surface area contributed by atoms with Gasteiger partial charge in [-0.2, -0.15) is 5.26 Å². The number of hydrogen-bond acceptors (Lipinski definition) is 3. The third-order valence-electron chi connectivity index (χ3n) is 2.18. The highest BCUT2D eigenvalue weighted by molar-refractivity contribution is 7.84. The van der Waals surface area contributed by atoms with Crippen molar-refractivity contribution in [1.29, 1.82) is 5.26 Å². The van der Waals surface area contributed by atoms with E-state index in [2.05, 4.69) is 11.4 Å². The Bertz CT molecular complexity index is 437. The van der Waals surface area contributed by atoms with Crippen LogP contribution in [0, 0.1) is 18.3 Å². The maximum Gasteiger partial charge on any atom is 0.101 e. The molecule has 2 unspecified atom stereocenters. The highest BCUT2D eigenvalue weighted by atomic mass is 32.2. The lowest BCUT2D eigenvalue weighted by Crippen LogP contribution is -2.22. The van der Waals surface area contributed by atoms with Gasteiger partial charge < -0.3 is 5.32 Å². The van der Waals surface area contributed by atoms with Gasteiger partial charge in [0.1, 0.15) is 6.07 Å². The number of rotatable bonds is 4. The van der Waals surface area contributed by atoms with E-state index in [1.54, 1.807) is 6.26 Å². The zero-order valence-corrected chi connectivity index (χ0v) is 10.6. The molecule has 1 aromatic carbocycles. The van der Waals surface area contributed by atoms with Gasteiger partial charge in [0.15, 0.2) is 0 Å². The number of nitrogens with zero attached hydrogens (tertiary/aromatic N) is 1. The van der Waals surface area contributed by atoms with E-state index in [1.165, 1.54) is 0 Å². The first-order valence-electron chi connectivity index (χ1n) is 5.10. The van der Waals surface area contributed by atoms with Gasteiger partial charge >= 0.3 is 0 Å². The maximum atomic E-state index is 11.1. The minimum atomic E-state index is -0.828. The monoisotopic (exact) mass is 236 g/mol. The summed E-state index contributed by atoms with van der Waals surface area (Å²) < 4.78 is 11.1. The molecule has 0 bridgehead atoms. The van der Waals surface area contributed by atoms with Gasteiger partial charge in [-0.1, -0.05) is 6.07 Å². The lowest BCUT2D eigenvalue weighted by Gasteiger charge is -2.15. The highest BCUT2D eigenvalue weighted by Crippen LogP contribution is 2.17. The van der Waals surface area contributed by atoms with Crippen LogP contribution in [0.25, 0.3) is 0 Å². The predicted octanol–water partition coefficient (Wildman–Crippen LogP) is 2.05. The molecule has 0 aliphatic heterocycles. The molecule has 0 aliphatic carbocycles. The molecule has 0 saturated heterocycles. The van der Waals surface area contributed by atoms with E-state index in [0.717, 1.165) is 11.3 Å². The van der Waals surface area contributed by atoms with Gasteiger partial charge in [-0.3, -0.25) is 4.21 Å². The van der Waals surface area contributed by atoms with Crippen molar-refractivity contribution in [3.8, 4) is 6.07 Å². The van der Waals surface area contributed by atoms with Crippen molar-refractivity contribution in [2.45, 2.75) is 19.9 Å². The number of hydrogen-bond donors (Lipinski definition) is 1. The molecule has 4 heteroatoms. The summed E-state index contributed by atoms with van der Waals surface area (Å²) in [6.45, 7) is 3.91. The lowest BCUT2D eigenvalue weighted by molar-refractivity contribution is 0.683. The molecule has 0 saturated carbocycles. The van der Waals surface area contributed by atoms with E-state index < -0.39 is 10.8 Å². The Morgan fingerprint density at radius 1 is 1.56 bits per heavy atom. The van der Waals surface area contributed by atoms with Crippen molar-refractivity contribution in [3.05, 3.63) is 29.3 Å². The summed E-state index contributed by atoms with van der Waals surface area (Å²) in [6.07, 6.45) is 1.68. The Kier molecular flexibility index (Phi) is 4.51. The average molecular weight is 236 g/mol. The van der Waals surface area contributed by atoms with Gasteiger partial charge in [0, 0.05) is 28.9 Å². The normalized spacial score (nSPS) is 13.9. The van der Waals surface area contributed by atoms with Crippen LogP contribution in [-0.4, -0.2) is 22.3 Å². The molecule has 0 aliphatic rings. The van der Waals surface area contributed by atoms with Gasteiger partial charge in [0.2, 0.25) is 0 Å². The van der Waals surface area contributed by atoms with Crippen LogP contribution in [0.4, 0.5) is 5.69 Å². The molecule has 0 fully saturated rings. The Hall–Kier alpha value is -1.34. The molecular weight excluding hydrogens is 220 g/mol. The fourth-order valence-electron chi connectivity index (χ4n) is 1.54. The van der Waals surface area contributed by atoms with Gasteiger partial charge in [0.25, 0.3) is 0 Å². The molecule has 0 aromatic heterocycles. The first-order valence-corrected chi connectivity index (χ1v) is 6.83. The summed E-state index contributed by atoms with van der Waals surface area (Å²) in [5.41, 5.74) is 2.51. The highest BCUT2D eigenvalue weighted by Gasteiger charge is 2.07. The van der Waals surface area contributed by atoms with Crippen LogP contribution in [-0.2, 0) is 10.8 Å². The van der Waals surface area contributed by atoms with E-state index in [1.807, 2.05) is 32.0 Å². The summed E-state index contributed by atoms with van der Waals surface area (Å²) in [5, 5.41) is 12.2. The molecular formula is C12H16N2OS. The maximum absolute atomic E-state index is 11.1. The van der Waals surface area contributed by atoms with Crippen LogP contribution < -0.4 is 5.32 Å². The molecule has 1 rings (SSSR count). The standard InChI is InChI=1S/C12H16N2OS/c1-9-4-5-12(11(6-9)7-13)14-10(2)8-16(3)15/h4-6,10,14H,8H2,1-3H3. The smallest absolute Gasteiger partial charge is 0.101 e. The fourth-order valence-corrected chi connectivity index (χ4v) is 2.32. The Balaban J connectivity index is 2.81. The molecule has 0 heterocycles. The lowest BCUT2D eigenvalue weighted by atomic mass is 10.1. The average Bonchev–Trinajstić information content (AvgIpc) is 2.19. The number of aryl methyl sites for hydroxylation is 1. The van der Waals surface area contributed by atoms with E-state index in [-0.39, 0.29) is 6.04 Å². The quantitative estimate of drug-likeness (QED) is 0.870. The van der Waals surface area contributed by atoms with Crippen molar-refractivity contribution >= 4 is 16.5 Å². The van der Waals surface area contributed by atoms with Gasteiger partial charge in [-0.15, -0.1) is 0 Å². The summed E-state index contributed by atoms with van der Waals surface area (Å²) in [7, 11) is -0.828. The Morgan fingerprint density at radius 2 is 2.25 bits per heavy atom. The third kappa shape index (κ3) is 3.67. The molecule has 1 aromatic rings. The Morgan fingerprint density at radius 3 is 2.81 bits per heavy atom. The largest absolute Gasteiger partial charge is 0.381 e. The number of anilines is 1.